The standard InChI is InChI=1S/C12H13NO2/c14-12(15)9-5-1-4-8-7-3-2-6-10(7)13-11(8)9/h1,4-5,7,10,13H,2-3,6H2,(H,14,15). The van der Waals surface area contributed by atoms with Crippen molar-refractivity contribution in [3.05, 3.63) is 29.3 Å². The molecule has 0 amide bonds. The molecule has 0 radical (unpaired) electrons. The summed E-state index contributed by atoms with van der Waals surface area (Å²) in [6, 6.07) is 6.06. The Morgan fingerprint density at radius 2 is 2.27 bits per heavy atom. The second-order valence-corrected chi connectivity index (χ2v) is 4.36. The van der Waals surface area contributed by atoms with Gasteiger partial charge < -0.3 is 10.4 Å². The van der Waals surface area contributed by atoms with Crippen LogP contribution in [0.1, 0.15) is 41.1 Å². The van der Waals surface area contributed by atoms with E-state index in [1.165, 1.54) is 24.8 Å². The average molecular weight is 203 g/mol. The molecule has 0 bridgehead atoms. The summed E-state index contributed by atoms with van der Waals surface area (Å²) in [5.41, 5.74) is 2.49. The highest BCUT2D eigenvalue weighted by atomic mass is 16.4. The zero-order valence-electron chi connectivity index (χ0n) is 8.36. The quantitative estimate of drug-likeness (QED) is 0.737. The van der Waals surface area contributed by atoms with Crippen LogP contribution in [0.2, 0.25) is 0 Å². The number of hydrogen-bond acceptors (Lipinski definition) is 2. The second-order valence-electron chi connectivity index (χ2n) is 4.36. The molecule has 2 unspecified atom stereocenters. The molecule has 0 aromatic heterocycles. The van der Waals surface area contributed by atoms with Crippen LogP contribution in [0.5, 0.6) is 0 Å². The number of hydrogen-bond donors (Lipinski definition) is 2. The first-order valence-corrected chi connectivity index (χ1v) is 5.40. The van der Waals surface area contributed by atoms with Gasteiger partial charge >= 0.3 is 5.97 Å². The van der Waals surface area contributed by atoms with Gasteiger partial charge in [0.25, 0.3) is 0 Å². The van der Waals surface area contributed by atoms with E-state index in [1.54, 1.807) is 6.07 Å². The van der Waals surface area contributed by atoms with Crippen LogP contribution < -0.4 is 5.32 Å². The van der Waals surface area contributed by atoms with Crippen molar-refractivity contribution in [3.63, 3.8) is 0 Å². The van der Waals surface area contributed by atoms with Gasteiger partial charge in [-0.05, 0) is 24.5 Å². The summed E-state index contributed by atoms with van der Waals surface area (Å²) in [4.78, 5) is 11.0. The molecule has 3 nitrogen and oxygen atoms in total. The Bertz CT molecular complexity index is 428. The smallest absolute Gasteiger partial charge is 0.337 e. The molecule has 0 saturated heterocycles. The monoisotopic (exact) mass is 203 g/mol. The third-order valence-electron chi connectivity index (χ3n) is 3.57. The summed E-state index contributed by atoms with van der Waals surface area (Å²) in [6.45, 7) is 0. The predicted octanol–water partition coefficient (Wildman–Crippen LogP) is 2.45. The number of anilines is 1. The van der Waals surface area contributed by atoms with E-state index in [9.17, 15) is 4.79 Å². The second kappa shape index (κ2) is 2.99. The van der Waals surface area contributed by atoms with Gasteiger partial charge in [-0.25, -0.2) is 4.79 Å². The maximum atomic E-state index is 11.0. The van der Waals surface area contributed by atoms with Gasteiger partial charge in [0, 0.05) is 12.0 Å². The van der Waals surface area contributed by atoms with Gasteiger partial charge in [-0.1, -0.05) is 18.6 Å². The van der Waals surface area contributed by atoms with E-state index in [4.69, 9.17) is 5.11 Å². The predicted molar refractivity (Wildman–Crippen MR) is 57.4 cm³/mol. The summed E-state index contributed by atoms with van der Waals surface area (Å²) in [7, 11) is 0. The number of nitrogens with one attached hydrogen (secondary N) is 1. The minimum Gasteiger partial charge on any atom is -0.478 e. The largest absolute Gasteiger partial charge is 0.478 e. The van der Waals surface area contributed by atoms with Gasteiger partial charge in [-0.2, -0.15) is 0 Å². The zero-order valence-corrected chi connectivity index (χ0v) is 8.36. The van der Waals surface area contributed by atoms with E-state index in [0.717, 1.165) is 5.69 Å². The molecular weight excluding hydrogens is 190 g/mol. The first kappa shape index (κ1) is 8.77. The van der Waals surface area contributed by atoms with Crippen LogP contribution in [0.4, 0.5) is 5.69 Å². The molecule has 1 heterocycles. The van der Waals surface area contributed by atoms with Crippen LogP contribution >= 0.6 is 0 Å². The van der Waals surface area contributed by atoms with E-state index in [1.807, 2.05) is 6.07 Å². The van der Waals surface area contributed by atoms with Crippen molar-refractivity contribution in [1.29, 1.82) is 0 Å². The van der Waals surface area contributed by atoms with Crippen molar-refractivity contribution in [3.8, 4) is 0 Å². The van der Waals surface area contributed by atoms with Crippen molar-refractivity contribution in [2.75, 3.05) is 5.32 Å². The lowest BCUT2D eigenvalue weighted by Crippen LogP contribution is -2.14. The number of fused-ring (bicyclic) bond motifs is 3. The average Bonchev–Trinajstić information content (AvgIpc) is 2.75. The lowest BCUT2D eigenvalue weighted by Gasteiger charge is -2.08. The third-order valence-corrected chi connectivity index (χ3v) is 3.57. The molecule has 3 heteroatoms. The molecule has 2 atom stereocenters. The highest BCUT2D eigenvalue weighted by molar-refractivity contribution is 5.96. The van der Waals surface area contributed by atoms with E-state index in [-0.39, 0.29) is 0 Å². The molecular formula is C12H13NO2. The third kappa shape index (κ3) is 1.16. The molecule has 2 aliphatic rings. The Balaban J connectivity index is 2.12. The molecule has 3 rings (SSSR count). The first-order valence-electron chi connectivity index (χ1n) is 5.40. The highest BCUT2D eigenvalue weighted by Crippen LogP contribution is 2.46. The lowest BCUT2D eigenvalue weighted by atomic mass is 9.96. The van der Waals surface area contributed by atoms with Crippen LogP contribution in [0, 0.1) is 0 Å². The summed E-state index contributed by atoms with van der Waals surface area (Å²) >= 11 is 0. The number of rotatable bonds is 1. The Morgan fingerprint density at radius 3 is 3.07 bits per heavy atom. The van der Waals surface area contributed by atoms with E-state index >= 15 is 0 Å². The minimum absolute atomic E-state index is 0.418. The van der Waals surface area contributed by atoms with E-state index in [0.29, 0.717) is 17.5 Å². The first-order chi connectivity index (χ1) is 7.27. The Morgan fingerprint density at radius 1 is 1.40 bits per heavy atom. The number of aromatic carboxylic acids is 1. The lowest BCUT2D eigenvalue weighted by molar-refractivity contribution is 0.0698. The van der Waals surface area contributed by atoms with Gasteiger partial charge in [-0.15, -0.1) is 0 Å². The topological polar surface area (TPSA) is 49.3 Å². The molecule has 2 N–H and O–H groups in total. The van der Waals surface area contributed by atoms with Gasteiger partial charge in [0.15, 0.2) is 0 Å². The molecule has 1 aromatic rings. The van der Waals surface area contributed by atoms with Crippen LogP contribution in [0.25, 0.3) is 0 Å². The van der Waals surface area contributed by atoms with Crippen LogP contribution in [-0.2, 0) is 0 Å². The molecule has 78 valence electrons. The van der Waals surface area contributed by atoms with Crippen LogP contribution in [0.15, 0.2) is 18.2 Å². The molecule has 1 aromatic carbocycles. The maximum Gasteiger partial charge on any atom is 0.337 e. The highest BCUT2D eigenvalue weighted by Gasteiger charge is 2.37. The van der Waals surface area contributed by atoms with Crippen LogP contribution in [-0.4, -0.2) is 17.1 Å². The number of benzene rings is 1. The summed E-state index contributed by atoms with van der Waals surface area (Å²) in [5.74, 6) is -0.293. The number of carbonyl (C=O) groups is 1. The van der Waals surface area contributed by atoms with E-state index in [2.05, 4.69) is 11.4 Å². The Labute approximate surface area is 88.1 Å². The van der Waals surface area contributed by atoms with Gasteiger partial charge in [0.2, 0.25) is 0 Å². The zero-order chi connectivity index (χ0) is 10.4. The molecule has 1 fully saturated rings. The van der Waals surface area contributed by atoms with Crippen molar-refractivity contribution in [1.82, 2.24) is 0 Å². The molecule has 1 aliphatic heterocycles. The van der Waals surface area contributed by atoms with E-state index < -0.39 is 5.97 Å². The van der Waals surface area contributed by atoms with Gasteiger partial charge in [0.05, 0.1) is 11.3 Å². The maximum absolute atomic E-state index is 11.0. The Hall–Kier alpha value is -1.51. The molecule has 15 heavy (non-hydrogen) atoms. The minimum atomic E-state index is -0.834. The molecule has 1 saturated carbocycles. The van der Waals surface area contributed by atoms with Crippen molar-refractivity contribution >= 4 is 11.7 Å². The van der Waals surface area contributed by atoms with Crippen molar-refractivity contribution in [2.45, 2.75) is 31.2 Å². The number of carboxylic acid groups (broad SMARTS) is 1. The summed E-state index contributed by atoms with van der Waals surface area (Å²) < 4.78 is 0. The fourth-order valence-corrected chi connectivity index (χ4v) is 2.91. The fraction of sp³-hybridized carbons (Fsp3) is 0.417. The van der Waals surface area contributed by atoms with Crippen molar-refractivity contribution < 1.29 is 9.90 Å². The number of para-hydroxylation sites is 1. The van der Waals surface area contributed by atoms with Gasteiger partial charge in [0.1, 0.15) is 0 Å². The van der Waals surface area contributed by atoms with Crippen molar-refractivity contribution in [2.24, 2.45) is 0 Å². The SMILES string of the molecule is O=C(O)c1cccc2c1NC1CCCC21. The summed E-state index contributed by atoms with van der Waals surface area (Å²) in [6.07, 6.45) is 3.60. The number of carboxylic acids is 1. The van der Waals surface area contributed by atoms with Gasteiger partial charge in [-0.3, -0.25) is 0 Å². The molecule has 1 aliphatic carbocycles. The molecule has 0 spiro atoms. The Kier molecular flexibility index (Phi) is 1.75. The van der Waals surface area contributed by atoms with Crippen LogP contribution in [0.3, 0.4) is 0 Å². The summed E-state index contributed by atoms with van der Waals surface area (Å²) in [5, 5.41) is 12.4. The normalized spacial score (nSPS) is 26.9. The fourth-order valence-electron chi connectivity index (χ4n) is 2.91.